The lowest BCUT2D eigenvalue weighted by Crippen LogP contribution is -2.24. The van der Waals surface area contributed by atoms with E-state index >= 15 is 0 Å². The number of alkyl halides is 1. The fraction of sp³-hybridized carbons (Fsp3) is 0.333. The molecule has 1 fully saturated rings. The number of carbonyl (C=O) groups excluding carboxylic acids is 1. The molecule has 3 aliphatic rings. The Morgan fingerprint density at radius 3 is 2.85 bits per heavy atom. The molecule has 1 amide bonds. The number of allylic oxidation sites excluding steroid dienone is 1. The van der Waals surface area contributed by atoms with Crippen LogP contribution in [0.4, 0.5) is 10.2 Å². The summed E-state index contributed by atoms with van der Waals surface area (Å²) in [6, 6.07) is 3.76. The molecule has 8 heteroatoms. The van der Waals surface area contributed by atoms with E-state index in [1.165, 1.54) is 0 Å². The van der Waals surface area contributed by atoms with Crippen LogP contribution in [0.15, 0.2) is 41.3 Å². The monoisotopic (exact) mass is 352 g/mol. The topological polar surface area (TPSA) is 66.6 Å². The molecule has 0 unspecified atom stereocenters. The standard InChI is InChI=1S/C18H17FN6O/c19-12-4-6-23(9-12)17-2-1-14(8-21-17)25-10-15-16(22-25)11-24(18(15)26)13-3-5-20-7-13/h1-3,7-8,10,12H,4-6,9,11H2/t12-/m1/s1. The van der Waals surface area contributed by atoms with E-state index in [-0.39, 0.29) is 5.91 Å². The van der Waals surface area contributed by atoms with E-state index < -0.39 is 6.17 Å². The van der Waals surface area contributed by atoms with Gasteiger partial charge >= 0.3 is 0 Å². The molecule has 0 spiro atoms. The normalized spacial score (nSPS) is 21.7. The minimum atomic E-state index is -0.778. The van der Waals surface area contributed by atoms with Crippen molar-refractivity contribution >= 4 is 17.9 Å². The smallest absolute Gasteiger partial charge is 0.262 e. The van der Waals surface area contributed by atoms with Gasteiger partial charge in [0.25, 0.3) is 5.91 Å². The van der Waals surface area contributed by atoms with E-state index in [1.54, 1.807) is 28.2 Å². The first-order chi connectivity index (χ1) is 12.7. The van der Waals surface area contributed by atoms with E-state index in [0.717, 1.165) is 22.9 Å². The Morgan fingerprint density at radius 2 is 2.19 bits per heavy atom. The van der Waals surface area contributed by atoms with Gasteiger partial charge in [0.15, 0.2) is 0 Å². The average Bonchev–Trinajstić information content (AvgIpc) is 3.41. The van der Waals surface area contributed by atoms with Crippen molar-refractivity contribution in [1.82, 2.24) is 19.7 Å². The van der Waals surface area contributed by atoms with Crippen molar-refractivity contribution in [2.45, 2.75) is 19.1 Å². The molecule has 26 heavy (non-hydrogen) atoms. The molecule has 5 rings (SSSR count). The number of pyridine rings is 1. The lowest BCUT2D eigenvalue weighted by molar-refractivity contribution is 0.0833. The second kappa shape index (κ2) is 5.76. The van der Waals surface area contributed by atoms with Crippen molar-refractivity contribution < 1.29 is 9.18 Å². The van der Waals surface area contributed by atoms with Crippen molar-refractivity contribution in [3.8, 4) is 5.69 Å². The number of carbonyl (C=O) groups is 1. The molecule has 5 heterocycles. The van der Waals surface area contributed by atoms with Crippen molar-refractivity contribution in [3.63, 3.8) is 0 Å². The number of anilines is 1. The maximum Gasteiger partial charge on any atom is 0.262 e. The highest BCUT2D eigenvalue weighted by atomic mass is 19.1. The Labute approximate surface area is 149 Å². The summed E-state index contributed by atoms with van der Waals surface area (Å²) in [7, 11) is 0. The van der Waals surface area contributed by atoms with Crippen LogP contribution in [0.3, 0.4) is 0 Å². The zero-order chi connectivity index (χ0) is 17.7. The molecule has 0 N–H and O–H groups in total. The molecule has 2 aromatic rings. The predicted octanol–water partition coefficient (Wildman–Crippen LogP) is 1.74. The van der Waals surface area contributed by atoms with Crippen molar-refractivity contribution in [3.05, 3.63) is 47.6 Å². The van der Waals surface area contributed by atoms with Crippen molar-refractivity contribution in [1.29, 1.82) is 0 Å². The maximum atomic E-state index is 13.3. The van der Waals surface area contributed by atoms with Crippen LogP contribution in [0, 0.1) is 0 Å². The lowest BCUT2D eigenvalue weighted by atomic mass is 10.3. The Balaban J connectivity index is 1.37. The molecule has 0 saturated carbocycles. The van der Waals surface area contributed by atoms with Gasteiger partial charge < -0.3 is 9.80 Å². The summed E-state index contributed by atoms with van der Waals surface area (Å²) < 4.78 is 15.0. The number of hydrogen-bond acceptors (Lipinski definition) is 5. The van der Waals surface area contributed by atoms with Crippen LogP contribution >= 0.6 is 0 Å². The second-order valence-corrected chi connectivity index (χ2v) is 6.66. The Hall–Kier alpha value is -3.03. The number of halogens is 1. The van der Waals surface area contributed by atoms with Gasteiger partial charge in [-0.1, -0.05) is 0 Å². The molecule has 3 aliphatic heterocycles. The van der Waals surface area contributed by atoms with Crippen LogP contribution in [0.2, 0.25) is 0 Å². The number of rotatable bonds is 3. The molecule has 0 aliphatic carbocycles. The van der Waals surface area contributed by atoms with E-state index in [0.29, 0.717) is 38.2 Å². The summed E-state index contributed by atoms with van der Waals surface area (Å²) in [4.78, 5) is 24.8. The average molecular weight is 352 g/mol. The third kappa shape index (κ3) is 2.40. The fourth-order valence-corrected chi connectivity index (χ4v) is 3.56. The molecule has 0 bridgehead atoms. The second-order valence-electron chi connectivity index (χ2n) is 6.66. The fourth-order valence-electron chi connectivity index (χ4n) is 3.56. The highest BCUT2D eigenvalue weighted by Crippen LogP contribution is 2.27. The summed E-state index contributed by atoms with van der Waals surface area (Å²) in [5.41, 5.74) is 2.97. The van der Waals surface area contributed by atoms with Gasteiger partial charge in [0.2, 0.25) is 0 Å². The quantitative estimate of drug-likeness (QED) is 0.844. The third-order valence-corrected chi connectivity index (χ3v) is 4.97. The molecule has 7 nitrogen and oxygen atoms in total. The Kier molecular flexibility index (Phi) is 3.37. The van der Waals surface area contributed by atoms with Crippen LogP contribution in [-0.2, 0) is 6.54 Å². The number of aliphatic imine (C=N–C) groups is 1. The maximum absolute atomic E-state index is 13.3. The largest absolute Gasteiger partial charge is 0.354 e. The van der Waals surface area contributed by atoms with Crippen molar-refractivity contribution in [2.75, 3.05) is 24.5 Å². The molecule has 132 valence electrons. The molecule has 2 aromatic heterocycles. The molecule has 1 saturated heterocycles. The molecule has 0 radical (unpaired) electrons. The lowest BCUT2D eigenvalue weighted by Gasteiger charge is -2.16. The summed E-state index contributed by atoms with van der Waals surface area (Å²) in [6.07, 6.45) is 6.88. The van der Waals surface area contributed by atoms with E-state index in [4.69, 9.17) is 0 Å². The Bertz CT molecular complexity index is 932. The molecule has 0 aromatic carbocycles. The van der Waals surface area contributed by atoms with Gasteiger partial charge in [-0.2, -0.15) is 5.10 Å². The molecule has 1 atom stereocenters. The number of hydrogen-bond donors (Lipinski definition) is 0. The van der Waals surface area contributed by atoms with Gasteiger partial charge in [0.1, 0.15) is 12.0 Å². The first-order valence-corrected chi connectivity index (χ1v) is 8.65. The summed E-state index contributed by atoms with van der Waals surface area (Å²) >= 11 is 0. The third-order valence-electron chi connectivity index (χ3n) is 4.97. The zero-order valence-electron chi connectivity index (χ0n) is 14.0. The summed E-state index contributed by atoms with van der Waals surface area (Å²) in [6.45, 7) is 2.16. The predicted molar refractivity (Wildman–Crippen MR) is 94.4 cm³/mol. The number of nitrogens with zero attached hydrogens (tertiary/aromatic N) is 6. The number of amides is 1. The summed E-state index contributed by atoms with van der Waals surface area (Å²) in [5.74, 6) is 0.713. The van der Waals surface area contributed by atoms with Crippen LogP contribution in [-0.4, -0.2) is 57.6 Å². The van der Waals surface area contributed by atoms with E-state index in [1.807, 2.05) is 23.1 Å². The van der Waals surface area contributed by atoms with Crippen molar-refractivity contribution in [2.24, 2.45) is 4.99 Å². The Morgan fingerprint density at radius 1 is 1.27 bits per heavy atom. The first kappa shape index (κ1) is 15.2. The number of aromatic nitrogens is 3. The molecular formula is C18H17FN6O. The van der Waals surface area contributed by atoms with Crippen LogP contribution < -0.4 is 4.90 Å². The highest BCUT2D eigenvalue weighted by molar-refractivity contribution is 6.02. The van der Waals surface area contributed by atoms with E-state index in [2.05, 4.69) is 15.1 Å². The van der Waals surface area contributed by atoms with Gasteiger partial charge in [0.05, 0.1) is 48.5 Å². The number of fused-ring (bicyclic) bond motifs is 1. The van der Waals surface area contributed by atoms with Crippen LogP contribution in [0.25, 0.3) is 5.69 Å². The SMILES string of the molecule is O=C1c2cn(-c3ccc(N4CC[C@@H](F)C4)nc3)nc2CN1C1=CCN=C1. The molecular weight excluding hydrogens is 335 g/mol. The van der Waals surface area contributed by atoms with Gasteiger partial charge in [0, 0.05) is 19.0 Å². The minimum absolute atomic E-state index is 0.0542. The zero-order valence-corrected chi connectivity index (χ0v) is 14.0. The van der Waals surface area contributed by atoms with Gasteiger partial charge in [-0.05, 0) is 24.6 Å². The first-order valence-electron chi connectivity index (χ1n) is 8.65. The minimum Gasteiger partial charge on any atom is -0.354 e. The van der Waals surface area contributed by atoms with Gasteiger partial charge in [-0.3, -0.25) is 9.79 Å². The van der Waals surface area contributed by atoms with Gasteiger partial charge in [-0.25, -0.2) is 14.1 Å². The highest BCUT2D eigenvalue weighted by Gasteiger charge is 2.33. The van der Waals surface area contributed by atoms with E-state index in [9.17, 15) is 9.18 Å². The van der Waals surface area contributed by atoms with Crippen LogP contribution in [0.5, 0.6) is 0 Å². The van der Waals surface area contributed by atoms with Crippen LogP contribution in [0.1, 0.15) is 22.5 Å². The summed E-state index contributed by atoms with van der Waals surface area (Å²) in [5, 5.41) is 4.54. The van der Waals surface area contributed by atoms with Gasteiger partial charge in [-0.15, -0.1) is 0 Å².